The van der Waals surface area contributed by atoms with Crippen molar-refractivity contribution in [1.82, 2.24) is 9.97 Å². The van der Waals surface area contributed by atoms with Crippen molar-refractivity contribution < 1.29 is 8.42 Å². The van der Waals surface area contributed by atoms with Gasteiger partial charge in [0.1, 0.15) is 5.82 Å². The molecule has 27 heavy (non-hydrogen) atoms. The minimum atomic E-state index is -2.94. The minimum Gasteiger partial charge on any atom is -0.353 e. The van der Waals surface area contributed by atoms with Gasteiger partial charge in [-0.05, 0) is 52.2 Å². The van der Waals surface area contributed by atoms with Crippen molar-refractivity contribution >= 4 is 27.3 Å². The van der Waals surface area contributed by atoms with Crippen LogP contribution in [-0.4, -0.2) is 42.5 Å². The molecule has 1 N–H and O–H groups in total. The Morgan fingerprint density at radius 2 is 1.78 bits per heavy atom. The molecule has 3 rings (SSSR count). The number of hydrogen-bond acceptors (Lipinski definition) is 6. The van der Waals surface area contributed by atoms with Crippen LogP contribution < -0.4 is 10.2 Å². The zero-order valence-electron chi connectivity index (χ0n) is 16.7. The van der Waals surface area contributed by atoms with E-state index in [1.807, 2.05) is 19.9 Å². The zero-order valence-corrected chi connectivity index (χ0v) is 17.5. The molecule has 2 heterocycles. The van der Waals surface area contributed by atoms with Crippen LogP contribution in [0, 0.1) is 27.7 Å². The topological polar surface area (TPSA) is 75.2 Å². The van der Waals surface area contributed by atoms with Crippen LogP contribution in [0.25, 0.3) is 0 Å². The molecule has 1 saturated heterocycles. The molecular formula is C20H28N4O2S. The van der Waals surface area contributed by atoms with Gasteiger partial charge in [0.25, 0.3) is 0 Å². The van der Waals surface area contributed by atoms with Crippen molar-refractivity contribution in [3.8, 4) is 0 Å². The normalized spacial score (nSPS) is 18.5. The zero-order chi connectivity index (χ0) is 19.8. The van der Waals surface area contributed by atoms with Gasteiger partial charge in [0.2, 0.25) is 5.95 Å². The van der Waals surface area contributed by atoms with E-state index in [2.05, 4.69) is 48.1 Å². The summed E-state index contributed by atoms with van der Waals surface area (Å²) in [7, 11) is -2.94. The average Bonchev–Trinajstić information content (AvgIpc) is 2.91. The Morgan fingerprint density at radius 1 is 1.11 bits per heavy atom. The van der Waals surface area contributed by atoms with Crippen LogP contribution in [0.3, 0.4) is 0 Å². The number of rotatable bonds is 5. The van der Waals surface area contributed by atoms with Gasteiger partial charge in [-0.1, -0.05) is 17.7 Å². The molecular weight excluding hydrogens is 360 g/mol. The number of anilines is 3. The van der Waals surface area contributed by atoms with Gasteiger partial charge in [0, 0.05) is 30.0 Å². The van der Waals surface area contributed by atoms with Crippen molar-refractivity contribution in [2.45, 2.75) is 47.1 Å². The largest absolute Gasteiger partial charge is 0.353 e. The highest BCUT2D eigenvalue weighted by molar-refractivity contribution is 7.91. The molecule has 0 spiro atoms. The Bertz CT molecular complexity index is 933. The minimum absolute atomic E-state index is 0.0232. The van der Waals surface area contributed by atoms with Crippen molar-refractivity contribution in [1.29, 1.82) is 0 Å². The number of aromatic nitrogens is 2. The molecule has 6 nitrogen and oxygen atoms in total. The first kappa shape index (κ1) is 19.6. The molecule has 0 aliphatic carbocycles. The Labute approximate surface area is 162 Å². The highest BCUT2D eigenvalue weighted by Gasteiger charge is 2.32. The predicted molar refractivity (Wildman–Crippen MR) is 111 cm³/mol. The van der Waals surface area contributed by atoms with Gasteiger partial charge in [0.05, 0.1) is 11.5 Å². The van der Waals surface area contributed by atoms with Crippen molar-refractivity contribution in [2.75, 3.05) is 28.3 Å². The van der Waals surface area contributed by atoms with Gasteiger partial charge in [-0.15, -0.1) is 0 Å². The summed E-state index contributed by atoms with van der Waals surface area (Å²) < 4.78 is 23.8. The second-order valence-corrected chi connectivity index (χ2v) is 9.66. The predicted octanol–water partition coefficient (Wildman–Crippen LogP) is 3.47. The van der Waals surface area contributed by atoms with Gasteiger partial charge in [-0.3, -0.25) is 0 Å². The third kappa shape index (κ3) is 4.40. The molecule has 1 aliphatic rings. The van der Waals surface area contributed by atoms with Gasteiger partial charge in [-0.25, -0.2) is 13.4 Å². The molecule has 1 aromatic carbocycles. The maximum absolute atomic E-state index is 11.9. The van der Waals surface area contributed by atoms with Gasteiger partial charge in [0.15, 0.2) is 9.84 Å². The highest BCUT2D eigenvalue weighted by atomic mass is 32.2. The third-order valence-electron chi connectivity index (χ3n) is 5.04. The van der Waals surface area contributed by atoms with E-state index < -0.39 is 9.84 Å². The maximum Gasteiger partial charge on any atom is 0.229 e. The lowest BCUT2D eigenvalue weighted by Crippen LogP contribution is -2.37. The summed E-state index contributed by atoms with van der Waals surface area (Å²) in [6, 6.07) is 6.17. The fourth-order valence-electron chi connectivity index (χ4n) is 3.87. The lowest BCUT2D eigenvalue weighted by Gasteiger charge is -2.28. The number of hydrogen-bond donors (Lipinski definition) is 1. The third-order valence-corrected chi connectivity index (χ3v) is 6.79. The number of nitrogens with one attached hydrogen (secondary N) is 1. The first-order valence-electron chi connectivity index (χ1n) is 9.36. The lowest BCUT2D eigenvalue weighted by atomic mass is 10.1. The molecule has 1 fully saturated rings. The van der Waals surface area contributed by atoms with Crippen LogP contribution in [0.4, 0.5) is 17.5 Å². The summed E-state index contributed by atoms with van der Waals surface area (Å²) in [5, 5.41) is 3.37. The van der Waals surface area contributed by atoms with E-state index in [1.165, 1.54) is 5.56 Å². The fraction of sp³-hybridized carbons (Fsp3) is 0.500. The van der Waals surface area contributed by atoms with Gasteiger partial charge < -0.3 is 10.2 Å². The molecule has 1 atom stereocenters. The Morgan fingerprint density at radius 3 is 2.33 bits per heavy atom. The molecule has 0 saturated carbocycles. The first-order valence-corrected chi connectivity index (χ1v) is 11.2. The first-order chi connectivity index (χ1) is 12.7. The summed E-state index contributed by atoms with van der Waals surface area (Å²) in [4.78, 5) is 11.3. The van der Waals surface area contributed by atoms with E-state index in [9.17, 15) is 8.42 Å². The monoisotopic (exact) mass is 388 g/mol. The summed E-state index contributed by atoms with van der Waals surface area (Å²) >= 11 is 0. The Balaban J connectivity index is 1.92. The second kappa shape index (κ2) is 7.46. The molecule has 146 valence electrons. The van der Waals surface area contributed by atoms with Crippen LogP contribution >= 0.6 is 0 Å². The SMILES string of the molecule is CCN(c1cc(C)nc(Nc2c(C)cc(C)cc2C)n1)C1CCS(=O)(=O)C1. The van der Waals surface area contributed by atoms with Crippen molar-refractivity contribution in [2.24, 2.45) is 0 Å². The van der Waals surface area contributed by atoms with E-state index in [-0.39, 0.29) is 17.5 Å². The molecule has 2 aromatic rings. The summed E-state index contributed by atoms with van der Waals surface area (Å²) in [6.45, 7) is 10.9. The molecule has 1 aliphatic heterocycles. The van der Waals surface area contributed by atoms with Gasteiger partial charge >= 0.3 is 0 Å². The Kier molecular flexibility index (Phi) is 5.42. The van der Waals surface area contributed by atoms with Crippen LogP contribution in [0.5, 0.6) is 0 Å². The quantitative estimate of drug-likeness (QED) is 0.845. The van der Waals surface area contributed by atoms with Crippen molar-refractivity contribution in [3.05, 3.63) is 40.6 Å². The second-order valence-electron chi connectivity index (χ2n) is 7.43. The molecule has 7 heteroatoms. The molecule has 1 unspecified atom stereocenters. The standard InChI is InChI=1S/C20H28N4O2S/c1-6-24(17-7-8-27(25,26)12-17)18-11-16(5)21-20(22-18)23-19-14(3)9-13(2)10-15(19)4/h9-11,17H,6-8,12H2,1-5H3,(H,21,22,23). The fourth-order valence-corrected chi connectivity index (χ4v) is 5.60. The Hall–Kier alpha value is -2.15. The van der Waals surface area contributed by atoms with Crippen LogP contribution in [0.2, 0.25) is 0 Å². The molecule has 0 amide bonds. The lowest BCUT2D eigenvalue weighted by molar-refractivity contribution is 0.599. The molecule has 0 radical (unpaired) electrons. The summed E-state index contributed by atoms with van der Waals surface area (Å²) in [5.74, 6) is 1.77. The van der Waals surface area contributed by atoms with Crippen LogP contribution in [-0.2, 0) is 9.84 Å². The smallest absolute Gasteiger partial charge is 0.229 e. The molecule has 0 bridgehead atoms. The van der Waals surface area contributed by atoms with E-state index in [1.54, 1.807) is 0 Å². The van der Waals surface area contributed by atoms with Crippen LogP contribution in [0.15, 0.2) is 18.2 Å². The number of nitrogens with zero attached hydrogens (tertiary/aromatic N) is 3. The van der Waals surface area contributed by atoms with E-state index >= 15 is 0 Å². The summed E-state index contributed by atoms with van der Waals surface area (Å²) in [5.41, 5.74) is 5.38. The van der Waals surface area contributed by atoms with Crippen LogP contribution in [0.1, 0.15) is 35.7 Å². The number of aryl methyl sites for hydroxylation is 4. The maximum atomic E-state index is 11.9. The summed E-state index contributed by atoms with van der Waals surface area (Å²) in [6.07, 6.45) is 0.651. The number of benzene rings is 1. The van der Waals surface area contributed by atoms with Gasteiger partial charge in [-0.2, -0.15) is 4.98 Å². The highest BCUT2D eigenvalue weighted by Crippen LogP contribution is 2.27. The molecule has 1 aromatic heterocycles. The number of sulfone groups is 1. The van der Waals surface area contributed by atoms with E-state index in [0.29, 0.717) is 18.9 Å². The average molecular weight is 389 g/mol. The van der Waals surface area contributed by atoms with E-state index in [4.69, 9.17) is 4.98 Å². The van der Waals surface area contributed by atoms with Crippen molar-refractivity contribution in [3.63, 3.8) is 0 Å². The van der Waals surface area contributed by atoms with E-state index in [0.717, 1.165) is 28.3 Å².